The molecule has 3 N–H and O–H groups in total. The quantitative estimate of drug-likeness (QED) is 0.753. The molecule has 1 aliphatic rings. The SMILES string of the molecule is COc1cc(C2N[C@H](C(=O)O)CS2)ccc1O. The highest BCUT2D eigenvalue weighted by Crippen LogP contribution is 2.36. The molecular weight excluding hydrogens is 242 g/mol. The fourth-order valence-electron chi connectivity index (χ4n) is 1.66. The van der Waals surface area contributed by atoms with Crippen LogP contribution in [0.2, 0.25) is 0 Å². The highest BCUT2D eigenvalue weighted by molar-refractivity contribution is 7.99. The maximum Gasteiger partial charge on any atom is 0.321 e. The van der Waals surface area contributed by atoms with Gasteiger partial charge < -0.3 is 14.9 Å². The molecule has 2 atom stereocenters. The second-order valence-electron chi connectivity index (χ2n) is 3.70. The molecule has 0 spiro atoms. The Morgan fingerprint density at radius 1 is 1.59 bits per heavy atom. The first-order valence-electron chi connectivity index (χ1n) is 5.09. The molecule has 1 unspecified atom stereocenters. The lowest BCUT2D eigenvalue weighted by Gasteiger charge is -2.13. The van der Waals surface area contributed by atoms with Gasteiger partial charge in [0.05, 0.1) is 12.5 Å². The number of hydrogen-bond acceptors (Lipinski definition) is 5. The van der Waals surface area contributed by atoms with Gasteiger partial charge in [-0.1, -0.05) is 6.07 Å². The van der Waals surface area contributed by atoms with Gasteiger partial charge in [-0.25, -0.2) is 0 Å². The molecule has 6 heteroatoms. The van der Waals surface area contributed by atoms with Gasteiger partial charge in [-0.3, -0.25) is 10.1 Å². The molecule has 0 radical (unpaired) electrons. The molecule has 0 bridgehead atoms. The van der Waals surface area contributed by atoms with Crippen LogP contribution in [0.3, 0.4) is 0 Å². The summed E-state index contributed by atoms with van der Waals surface area (Å²) >= 11 is 1.53. The molecule has 0 aliphatic carbocycles. The number of carbonyl (C=O) groups is 1. The highest BCUT2D eigenvalue weighted by Gasteiger charge is 2.30. The lowest BCUT2D eigenvalue weighted by molar-refractivity contribution is -0.138. The minimum Gasteiger partial charge on any atom is -0.504 e. The van der Waals surface area contributed by atoms with Crippen molar-refractivity contribution in [2.75, 3.05) is 12.9 Å². The van der Waals surface area contributed by atoms with Crippen molar-refractivity contribution in [3.63, 3.8) is 0 Å². The number of benzene rings is 1. The van der Waals surface area contributed by atoms with E-state index in [1.54, 1.807) is 18.2 Å². The summed E-state index contributed by atoms with van der Waals surface area (Å²) in [4.78, 5) is 10.8. The first-order chi connectivity index (χ1) is 8.11. The summed E-state index contributed by atoms with van der Waals surface area (Å²) in [6, 6.07) is 4.49. The topological polar surface area (TPSA) is 78.8 Å². The minimum atomic E-state index is -0.842. The fraction of sp³-hybridized carbons (Fsp3) is 0.364. The Kier molecular flexibility index (Phi) is 3.44. The molecule has 0 aromatic heterocycles. The zero-order chi connectivity index (χ0) is 12.4. The van der Waals surface area contributed by atoms with E-state index in [4.69, 9.17) is 9.84 Å². The third-order valence-corrected chi connectivity index (χ3v) is 3.85. The molecule has 0 amide bonds. The smallest absolute Gasteiger partial charge is 0.321 e. The van der Waals surface area contributed by atoms with E-state index in [-0.39, 0.29) is 11.1 Å². The summed E-state index contributed by atoms with van der Waals surface area (Å²) in [6.07, 6.45) is 0. The average Bonchev–Trinajstić information content (AvgIpc) is 2.79. The van der Waals surface area contributed by atoms with Crippen molar-refractivity contribution in [3.8, 4) is 11.5 Å². The van der Waals surface area contributed by atoms with Gasteiger partial charge >= 0.3 is 5.97 Å². The van der Waals surface area contributed by atoms with E-state index in [1.807, 2.05) is 0 Å². The number of phenols is 1. The Balaban J connectivity index is 2.16. The van der Waals surface area contributed by atoms with Crippen molar-refractivity contribution >= 4 is 17.7 Å². The summed E-state index contributed by atoms with van der Waals surface area (Å²) < 4.78 is 5.02. The Hall–Kier alpha value is -1.40. The number of methoxy groups -OCH3 is 1. The van der Waals surface area contributed by atoms with Gasteiger partial charge in [0, 0.05) is 5.75 Å². The van der Waals surface area contributed by atoms with Crippen LogP contribution >= 0.6 is 11.8 Å². The molecular formula is C11H13NO4S. The number of thioether (sulfide) groups is 1. The number of aliphatic carboxylic acids is 1. The van der Waals surface area contributed by atoms with E-state index in [0.29, 0.717) is 11.5 Å². The number of rotatable bonds is 3. The molecule has 2 rings (SSSR count). The van der Waals surface area contributed by atoms with Crippen LogP contribution in [0, 0.1) is 0 Å². The van der Waals surface area contributed by atoms with Crippen molar-refractivity contribution in [1.29, 1.82) is 0 Å². The molecule has 1 aliphatic heterocycles. The van der Waals surface area contributed by atoms with Crippen LogP contribution in [-0.4, -0.2) is 35.1 Å². The van der Waals surface area contributed by atoms with Gasteiger partial charge in [-0.2, -0.15) is 0 Å². The van der Waals surface area contributed by atoms with E-state index in [0.717, 1.165) is 5.56 Å². The minimum absolute atomic E-state index is 0.0778. The van der Waals surface area contributed by atoms with Crippen molar-refractivity contribution in [3.05, 3.63) is 23.8 Å². The first-order valence-corrected chi connectivity index (χ1v) is 6.14. The Labute approximate surface area is 103 Å². The van der Waals surface area contributed by atoms with Gasteiger partial charge in [0.15, 0.2) is 11.5 Å². The molecule has 92 valence electrons. The molecule has 1 aromatic carbocycles. The molecule has 0 saturated carbocycles. The van der Waals surface area contributed by atoms with Gasteiger partial charge in [-0.05, 0) is 17.7 Å². The van der Waals surface area contributed by atoms with Crippen LogP contribution in [-0.2, 0) is 4.79 Å². The Morgan fingerprint density at radius 2 is 2.35 bits per heavy atom. The largest absolute Gasteiger partial charge is 0.504 e. The lowest BCUT2D eigenvalue weighted by atomic mass is 10.2. The van der Waals surface area contributed by atoms with Crippen molar-refractivity contribution in [1.82, 2.24) is 5.32 Å². The van der Waals surface area contributed by atoms with Crippen LogP contribution < -0.4 is 10.1 Å². The zero-order valence-electron chi connectivity index (χ0n) is 9.21. The highest BCUT2D eigenvalue weighted by atomic mass is 32.2. The van der Waals surface area contributed by atoms with E-state index < -0.39 is 12.0 Å². The van der Waals surface area contributed by atoms with E-state index in [1.165, 1.54) is 18.9 Å². The van der Waals surface area contributed by atoms with Crippen LogP contribution in [0.25, 0.3) is 0 Å². The average molecular weight is 255 g/mol. The van der Waals surface area contributed by atoms with E-state index in [9.17, 15) is 9.90 Å². The van der Waals surface area contributed by atoms with Crippen LogP contribution in [0.4, 0.5) is 0 Å². The molecule has 17 heavy (non-hydrogen) atoms. The van der Waals surface area contributed by atoms with Gasteiger partial charge in [0.25, 0.3) is 0 Å². The number of carboxylic acid groups (broad SMARTS) is 1. The predicted molar refractivity (Wildman–Crippen MR) is 64.4 cm³/mol. The normalized spacial score (nSPS) is 23.6. The number of ether oxygens (including phenoxy) is 1. The lowest BCUT2D eigenvalue weighted by Crippen LogP contribution is -2.33. The standard InChI is InChI=1S/C11H13NO4S/c1-16-9-4-6(2-3-8(9)13)10-12-7(5-17-10)11(14)15/h2-4,7,10,12-13H,5H2,1H3,(H,14,15)/t7-,10?/m0/s1. The third kappa shape index (κ3) is 2.48. The third-order valence-electron chi connectivity index (χ3n) is 2.59. The summed E-state index contributed by atoms with van der Waals surface area (Å²) in [5.74, 6) is 0.159. The van der Waals surface area contributed by atoms with Crippen molar-refractivity contribution < 1.29 is 19.7 Å². The van der Waals surface area contributed by atoms with Gasteiger partial charge in [0.2, 0.25) is 0 Å². The van der Waals surface area contributed by atoms with Gasteiger partial charge in [-0.15, -0.1) is 11.8 Å². The van der Waals surface area contributed by atoms with Crippen LogP contribution in [0.5, 0.6) is 11.5 Å². The predicted octanol–water partition coefficient (Wildman–Crippen LogP) is 1.19. The maximum absolute atomic E-state index is 10.8. The molecule has 1 fully saturated rings. The van der Waals surface area contributed by atoms with E-state index >= 15 is 0 Å². The maximum atomic E-state index is 10.8. The summed E-state index contributed by atoms with van der Waals surface area (Å²) in [7, 11) is 1.48. The van der Waals surface area contributed by atoms with Gasteiger partial charge in [0.1, 0.15) is 6.04 Å². The number of nitrogens with one attached hydrogen (secondary N) is 1. The van der Waals surface area contributed by atoms with Crippen LogP contribution in [0.15, 0.2) is 18.2 Å². The number of hydrogen-bond donors (Lipinski definition) is 3. The van der Waals surface area contributed by atoms with Crippen molar-refractivity contribution in [2.24, 2.45) is 0 Å². The molecule has 1 heterocycles. The Bertz CT molecular complexity index is 437. The second-order valence-corrected chi connectivity index (χ2v) is 4.84. The summed E-state index contributed by atoms with van der Waals surface area (Å²) in [6.45, 7) is 0. The zero-order valence-corrected chi connectivity index (χ0v) is 10.0. The number of carboxylic acids is 1. The second kappa shape index (κ2) is 4.85. The Morgan fingerprint density at radius 3 is 2.94 bits per heavy atom. The molecule has 5 nitrogen and oxygen atoms in total. The first kappa shape index (κ1) is 12.1. The molecule has 1 saturated heterocycles. The molecule has 1 aromatic rings. The fourth-order valence-corrected chi connectivity index (χ4v) is 2.89. The summed E-state index contributed by atoms with van der Waals surface area (Å²) in [5.41, 5.74) is 0.897. The monoisotopic (exact) mass is 255 g/mol. The summed E-state index contributed by atoms with van der Waals surface area (Å²) in [5, 5.41) is 21.3. The number of phenolic OH excluding ortho intramolecular Hbond substituents is 1. The van der Waals surface area contributed by atoms with Crippen molar-refractivity contribution in [2.45, 2.75) is 11.4 Å². The number of aromatic hydroxyl groups is 1. The van der Waals surface area contributed by atoms with E-state index in [2.05, 4.69) is 5.32 Å². The van der Waals surface area contributed by atoms with Crippen LogP contribution in [0.1, 0.15) is 10.9 Å².